The van der Waals surface area contributed by atoms with Crippen LogP contribution in [0.15, 0.2) is 0 Å². The molecule has 0 N–H and O–H groups in total. The lowest BCUT2D eigenvalue weighted by atomic mass is 10.2. The number of amides is 2. The number of hydrogen-bond donors (Lipinski definition) is 0. The van der Waals surface area contributed by atoms with Gasteiger partial charge in [-0.2, -0.15) is 0 Å². The van der Waals surface area contributed by atoms with Crippen LogP contribution >= 0.6 is 0 Å². The van der Waals surface area contributed by atoms with Gasteiger partial charge in [0.15, 0.2) is 0 Å². The molecule has 0 aromatic heterocycles. The van der Waals surface area contributed by atoms with Crippen LogP contribution in [-0.4, -0.2) is 59.4 Å². The number of hydrogen-bond acceptors (Lipinski definition) is 4. The molecule has 6 heteroatoms. The number of carbonyl (C=O) groups is 3. The van der Waals surface area contributed by atoms with Crippen molar-refractivity contribution in [1.29, 1.82) is 0 Å². The van der Waals surface area contributed by atoms with Gasteiger partial charge in [-0.1, -0.05) is 0 Å². The number of rotatable bonds is 3. The highest BCUT2D eigenvalue weighted by Gasteiger charge is 2.31. The summed E-state index contributed by atoms with van der Waals surface area (Å²) < 4.78 is 5.36. The second kappa shape index (κ2) is 6.72. The summed E-state index contributed by atoms with van der Waals surface area (Å²) in [7, 11) is 0. The van der Waals surface area contributed by atoms with E-state index < -0.39 is 11.7 Å². The number of nitrogens with zero attached hydrogens (tertiary/aromatic N) is 2. The largest absolute Gasteiger partial charge is 0.444 e. The molecule has 1 fully saturated rings. The summed E-state index contributed by atoms with van der Waals surface area (Å²) in [5.74, 6) is -0.0234. The van der Waals surface area contributed by atoms with Crippen LogP contribution in [0.25, 0.3) is 0 Å². The van der Waals surface area contributed by atoms with Crippen molar-refractivity contribution in [3.63, 3.8) is 0 Å². The Morgan fingerprint density at radius 1 is 1.45 bits per heavy atom. The lowest BCUT2D eigenvalue weighted by Gasteiger charge is -2.31. The minimum atomic E-state index is -0.551. The molecular weight excluding hydrogens is 260 g/mol. The lowest BCUT2D eigenvalue weighted by Crippen LogP contribution is -2.45. The summed E-state index contributed by atoms with van der Waals surface area (Å²) in [5, 5.41) is 0. The molecule has 1 aliphatic heterocycles. The summed E-state index contributed by atoms with van der Waals surface area (Å²) >= 11 is 0. The predicted octanol–water partition coefficient (Wildman–Crippen LogP) is 1.43. The van der Waals surface area contributed by atoms with Crippen LogP contribution in [-0.2, 0) is 14.3 Å². The highest BCUT2D eigenvalue weighted by Crippen LogP contribution is 2.16. The van der Waals surface area contributed by atoms with E-state index in [4.69, 9.17) is 4.74 Å². The maximum atomic E-state index is 12.1. The Kier molecular flexibility index (Phi) is 5.53. The van der Waals surface area contributed by atoms with E-state index in [1.165, 1.54) is 0 Å². The first-order chi connectivity index (χ1) is 9.24. The highest BCUT2D eigenvalue weighted by molar-refractivity contribution is 5.78. The van der Waals surface area contributed by atoms with Gasteiger partial charge in [-0.3, -0.25) is 4.79 Å². The SMILES string of the molecule is CC1CN(CCC=O)C(=O)CCN1C(=O)OC(C)(C)C. The van der Waals surface area contributed by atoms with Gasteiger partial charge < -0.3 is 19.3 Å². The van der Waals surface area contributed by atoms with E-state index in [2.05, 4.69) is 0 Å². The van der Waals surface area contributed by atoms with E-state index in [1.807, 2.05) is 27.7 Å². The van der Waals surface area contributed by atoms with E-state index in [-0.39, 0.29) is 18.4 Å². The summed E-state index contributed by atoms with van der Waals surface area (Å²) in [6.45, 7) is 8.53. The van der Waals surface area contributed by atoms with Crippen LogP contribution in [0.1, 0.15) is 40.5 Å². The molecule has 1 aliphatic rings. The highest BCUT2D eigenvalue weighted by atomic mass is 16.6. The van der Waals surface area contributed by atoms with Gasteiger partial charge in [0.2, 0.25) is 5.91 Å². The minimum Gasteiger partial charge on any atom is -0.444 e. The molecule has 1 unspecified atom stereocenters. The van der Waals surface area contributed by atoms with Crippen LogP contribution < -0.4 is 0 Å². The van der Waals surface area contributed by atoms with E-state index in [0.717, 1.165) is 6.29 Å². The first kappa shape index (κ1) is 16.5. The molecule has 2 amide bonds. The molecule has 1 atom stereocenters. The molecule has 0 aliphatic carbocycles. The molecular formula is C14H24N2O4. The fourth-order valence-corrected chi connectivity index (χ4v) is 2.13. The topological polar surface area (TPSA) is 66.9 Å². The smallest absolute Gasteiger partial charge is 0.410 e. The third kappa shape index (κ3) is 4.83. The number of aldehydes is 1. The summed E-state index contributed by atoms with van der Waals surface area (Å²) in [4.78, 5) is 37.7. The van der Waals surface area contributed by atoms with Crippen LogP contribution in [0.5, 0.6) is 0 Å². The number of carbonyl (C=O) groups excluding carboxylic acids is 3. The summed E-state index contributed by atoms with van der Waals surface area (Å²) in [6, 6.07) is -0.122. The van der Waals surface area contributed by atoms with E-state index in [0.29, 0.717) is 26.1 Å². The van der Waals surface area contributed by atoms with Crippen LogP contribution in [0, 0.1) is 0 Å². The van der Waals surface area contributed by atoms with Crippen molar-refractivity contribution in [2.24, 2.45) is 0 Å². The molecule has 114 valence electrons. The van der Waals surface area contributed by atoms with Crippen LogP contribution in [0.3, 0.4) is 0 Å². The Morgan fingerprint density at radius 3 is 2.65 bits per heavy atom. The first-order valence-electron chi connectivity index (χ1n) is 6.95. The normalized spacial score (nSPS) is 20.6. The molecule has 0 aromatic rings. The summed E-state index contributed by atoms with van der Waals surface area (Å²) in [6.07, 6.45) is 0.997. The zero-order valence-electron chi connectivity index (χ0n) is 12.7. The van der Waals surface area contributed by atoms with Crippen molar-refractivity contribution in [2.75, 3.05) is 19.6 Å². The van der Waals surface area contributed by atoms with Gasteiger partial charge in [0.25, 0.3) is 0 Å². The fourth-order valence-electron chi connectivity index (χ4n) is 2.13. The van der Waals surface area contributed by atoms with E-state index in [9.17, 15) is 14.4 Å². The molecule has 1 rings (SSSR count). The first-order valence-corrected chi connectivity index (χ1v) is 6.95. The molecule has 0 aromatic carbocycles. The average Bonchev–Trinajstić information content (AvgIpc) is 2.44. The van der Waals surface area contributed by atoms with Crippen molar-refractivity contribution in [3.8, 4) is 0 Å². The van der Waals surface area contributed by atoms with E-state index in [1.54, 1.807) is 9.80 Å². The quantitative estimate of drug-likeness (QED) is 0.735. The Bertz CT molecular complexity index is 376. The van der Waals surface area contributed by atoms with Gasteiger partial charge in [0.05, 0.1) is 0 Å². The van der Waals surface area contributed by atoms with Crippen LogP contribution in [0.4, 0.5) is 4.79 Å². The van der Waals surface area contributed by atoms with Crippen molar-refractivity contribution < 1.29 is 19.1 Å². The van der Waals surface area contributed by atoms with Crippen molar-refractivity contribution in [1.82, 2.24) is 9.80 Å². The monoisotopic (exact) mass is 284 g/mol. The minimum absolute atomic E-state index is 0.0234. The molecule has 0 saturated carbocycles. The lowest BCUT2D eigenvalue weighted by molar-refractivity contribution is -0.130. The van der Waals surface area contributed by atoms with E-state index >= 15 is 0 Å². The van der Waals surface area contributed by atoms with Crippen molar-refractivity contribution in [2.45, 2.75) is 52.2 Å². The maximum Gasteiger partial charge on any atom is 0.410 e. The Hall–Kier alpha value is -1.59. The maximum absolute atomic E-state index is 12.1. The van der Waals surface area contributed by atoms with Gasteiger partial charge in [-0.15, -0.1) is 0 Å². The molecule has 20 heavy (non-hydrogen) atoms. The van der Waals surface area contributed by atoms with Crippen molar-refractivity contribution >= 4 is 18.3 Å². The Morgan fingerprint density at radius 2 is 2.10 bits per heavy atom. The molecule has 1 saturated heterocycles. The summed E-state index contributed by atoms with van der Waals surface area (Å²) in [5.41, 5.74) is -0.551. The third-order valence-corrected chi connectivity index (χ3v) is 3.08. The zero-order valence-corrected chi connectivity index (χ0v) is 12.7. The molecule has 0 spiro atoms. The second-order valence-electron chi connectivity index (χ2n) is 6.07. The van der Waals surface area contributed by atoms with Crippen molar-refractivity contribution in [3.05, 3.63) is 0 Å². The zero-order chi connectivity index (χ0) is 15.3. The average molecular weight is 284 g/mol. The van der Waals surface area contributed by atoms with Gasteiger partial charge in [0, 0.05) is 38.5 Å². The molecule has 1 heterocycles. The number of ether oxygens (including phenoxy) is 1. The van der Waals surface area contributed by atoms with Gasteiger partial charge >= 0.3 is 6.09 Å². The standard InChI is InChI=1S/C14H24N2O4/c1-11-10-15(7-5-9-17)12(18)6-8-16(11)13(19)20-14(2,3)4/h9,11H,5-8,10H2,1-4H3. The third-order valence-electron chi connectivity index (χ3n) is 3.08. The second-order valence-corrected chi connectivity index (χ2v) is 6.07. The molecule has 0 bridgehead atoms. The van der Waals surface area contributed by atoms with Gasteiger partial charge in [-0.25, -0.2) is 4.79 Å². The predicted molar refractivity (Wildman–Crippen MR) is 74.3 cm³/mol. The Labute approximate surface area is 120 Å². The molecule has 6 nitrogen and oxygen atoms in total. The van der Waals surface area contributed by atoms with Gasteiger partial charge in [-0.05, 0) is 27.7 Å². The van der Waals surface area contributed by atoms with Crippen LogP contribution in [0.2, 0.25) is 0 Å². The van der Waals surface area contributed by atoms with Gasteiger partial charge in [0.1, 0.15) is 11.9 Å². The fraction of sp³-hybridized carbons (Fsp3) is 0.786. The molecule has 0 radical (unpaired) electrons. The Balaban J connectivity index is 2.70.